The van der Waals surface area contributed by atoms with E-state index in [2.05, 4.69) is 110 Å². The molecule has 1 aliphatic heterocycles. The second-order valence-electron chi connectivity index (χ2n) is 36.3. The molecule has 0 N–H and O–H groups in total. The van der Waals surface area contributed by atoms with Crippen molar-refractivity contribution in [2.45, 2.75) is 384 Å². The molecule has 0 bridgehead atoms. The van der Waals surface area contributed by atoms with Crippen molar-refractivity contribution in [2.24, 2.45) is 123 Å². The maximum absolute atomic E-state index is 5.80. The van der Waals surface area contributed by atoms with Gasteiger partial charge in [0.25, 0.3) is 0 Å². The van der Waals surface area contributed by atoms with Crippen LogP contribution in [0.1, 0.15) is 378 Å². The Balaban J connectivity index is 0.000000159. The SMILES string of the molecule is CC#CC1(C)CCC(CCC2CCC(C3CCC(C)CC3)CC2)CC1.CC#CC1(C)OCC(C2CCC(C)CC2)CO1.CC#CC1(C2CCC(CCC3CCC(C)CC3)CC2)CCC(C)CC1.CC#CC1(CCC2CCC(C)CC2)CCC(C2CCC(C)CC2)CC1. The molecule has 0 amide bonds. The van der Waals surface area contributed by atoms with Crippen LogP contribution in [-0.4, -0.2) is 19.0 Å². The topological polar surface area (TPSA) is 18.5 Å². The van der Waals surface area contributed by atoms with Crippen LogP contribution in [0.15, 0.2) is 0 Å². The van der Waals surface area contributed by atoms with Gasteiger partial charge in [0.2, 0.25) is 5.79 Å². The van der Waals surface area contributed by atoms with E-state index in [1.807, 2.05) is 20.8 Å². The molecule has 0 unspecified atom stereocenters. The van der Waals surface area contributed by atoms with Crippen molar-refractivity contribution < 1.29 is 9.47 Å². The Kier molecular flexibility index (Phi) is 31.8. The molecular formula is C90H150O2. The summed E-state index contributed by atoms with van der Waals surface area (Å²) in [7, 11) is 0. The zero-order valence-electron chi connectivity index (χ0n) is 63.1. The predicted molar refractivity (Wildman–Crippen MR) is 396 cm³/mol. The van der Waals surface area contributed by atoms with Crippen LogP contribution in [0.3, 0.4) is 0 Å². The molecule has 522 valence electrons. The summed E-state index contributed by atoms with van der Waals surface area (Å²) in [5.74, 6) is 43.5. The van der Waals surface area contributed by atoms with Crippen LogP contribution in [0, 0.1) is 170 Å². The molecule has 0 aromatic heterocycles. The van der Waals surface area contributed by atoms with Crippen molar-refractivity contribution >= 4 is 0 Å². The maximum atomic E-state index is 5.80. The van der Waals surface area contributed by atoms with Gasteiger partial charge in [0.05, 0.1) is 13.2 Å². The van der Waals surface area contributed by atoms with Gasteiger partial charge in [0.15, 0.2) is 0 Å². The molecule has 0 aromatic carbocycles. The normalized spacial score (nSPS) is 42.5. The van der Waals surface area contributed by atoms with Gasteiger partial charge in [0.1, 0.15) is 0 Å². The van der Waals surface area contributed by atoms with E-state index in [1.54, 1.807) is 25.7 Å². The fraction of sp³-hybridized carbons (Fsp3) is 0.911. The highest BCUT2D eigenvalue weighted by molar-refractivity contribution is 5.16. The molecule has 10 aliphatic carbocycles. The van der Waals surface area contributed by atoms with Gasteiger partial charge < -0.3 is 9.47 Å². The van der Waals surface area contributed by atoms with Gasteiger partial charge in [-0.1, -0.05) is 201 Å². The van der Waals surface area contributed by atoms with Gasteiger partial charge in [-0.3, -0.25) is 0 Å². The number of hydrogen-bond donors (Lipinski definition) is 0. The molecule has 0 atom stereocenters. The molecule has 11 fully saturated rings. The largest absolute Gasteiger partial charge is 0.339 e. The summed E-state index contributed by atoms with van der Waals surface area (Å²) in [5, 5.41) is 0. The Labute approximate surface area is 573 Å². The fourth-order valence-corrected chi connectivity index (χ4v) is 21.6. The summed E-state index contributed by atoms with van der Waals surface area (Å²) < 4.78 is 11.6. The molecule has 0 spiro atoms. The first-order chi connectivity index (χ1) is 44.4. The van der Waals surface area contributed by atoms with Crippen LogP contribution in [0.5, 0.6) is 0 Å². The van der Waals surface area contributed by atoms with Crippen LogP contribution >= 0.6 is 0 Å². The minimum atomic E-state index is -0.660. The first-order valence-corrected chi connectivity index (χ1v) is 41.5. The van der Waals surface area contributed by atoms with Crippen LogP contribution in [0.2, 0.25) is 0 Å². The Bertz CT molecular complexity index is 2270. The highest BCUT2D eigenvalue weighted by atomic mass is 16.7. The maximum Gasteiger partial charge on any atom is 0.230 e. The third-order valence-corrected chi connectivity index (χ3v) is 29.0. The lowest BCUT2D eigenvalue weighted by atomic mass is 9.59. The average molecular weight is 1260 g/mol. The van der Waals surface area contributed by atoms with E-state index in [4.69, 9.17) is 9.47 Å². The van der Waals surface area contributed by atoms with Crippen LogP contribution in [-0.2, 0) is 9.47 Å². The third-order valence-electron chi connectivity index (χ3n) is 29.0. The number of ether oxygens (including phenoxy) is 2. The fourth-order valence-electron chi connectivity index (χ4n) is 21.6. The van der Waals surface area contributed by atoms with Gasteiger partial charge >= 0.3 is 0 Å². The first kappa shape index (κ1) is 75.9. The number of hydrogen-bond acceptors (Lipinski definition) is 2. The van der Waals surface area contributed by atoms with Gasteiger partial charge in [-0.15, -0.1) is 23.7 Å². The molecule has 11 aliphatic rings. The first-order valence-electron chi connectivity index (χ1n) is 41.5. The Morgan fingerprint density at radius 2 is 0.598 bits per heavy atom. The molecule has 92 heavy (non-hydrogen) atoms. The van der Waals surface area contributed by atoms with Gasteiger partial charge in [-0.25, -0.2) is 0 Å². The summed E-state index contributed by atoms with van der Waals surface area (Å²) in [6, 6.07) is 0. The van der Waals surface area contributed by atoms with Crippen molar-refractivity contribution in [2.75, 3.05) is 13.2 Å². The third kappa shape index (κ3) is 24.3. The molecule has 0 radical (unpaired) electrons. The average Bonchev–Trinajstić information content (AvgIpc) is 1.01. The van der Waals surface area contributed by atoms with E-state index in [-0.39, 0.29) is 0 Å². The van der Waals surface area contributed by atoms with E-state index >= 15 is 0 Å². The van der Waals surface area contributed by atoms with Gasteiger partial charge in [-0.2, -0.15) is 0 Å². The monoisotopic (exact) mass is 1260 g/mol. The van der Waals surface area contributed by atoms with E-state index in [9.17, 15) is 0 Å². The second kappa shape index (κ2) is 38.5. The lowest BCUT2D eigenvalue weighted by molar-refractivity contribution is -0.245. The minimum Gasteiger partial charge on any atom is -0.339 e. The second-order valence-corrected chi connectivity index (χ2v) is 36.3. The lowest BCUT2D eigenvalue weighted by Crippen LogP contribution is -2.43. The molecule has 1 heterocycles. The van der Waals surface area contributed by atoms with Crippen molar-refractivity contribution in [1.82, 2.24) is 0 Å². The smallest absolute Gasteiger partial charge is 0.230 e. The van der Waals surface area contributed by atoms with Crippen LogP contribution in [0.4, 0.5) is 0 Å². The van der Waals surface area contributed by atoms with Crippen molar-refractivity contribution in [1.29, 1.82) is 0 Å². The zero-order valence-corrected chi connectivity index (χ0v) is 63.1. The summed E-state index contributed by atoms with van der Waals surface area (Å²) >= 11 is 0. The standard InChI is InChI=1S/3C25H42.C15H24O2/c1-4-16-25(17-13-22-9-5-20(2)6-10-22)18-14-24(15-19-25)23-11-7-21(3)8-12-23;1-4-17-25(3)18-15-22(16-19-25)8-7-21-9-13-24(14-10-21)23-11-5-20(2)6-12-23;1-4-17-25(18-15-21(3)16-19-25)24-13-11-23(12-14-24)10-9-22-7-5-20(2)6-8-22;1-4-9-15(3)16-10-14(11-17-15)13-7-5-12(2)6-8-13/h20-24H,5-15,17-19H2,1-3H3;2*20-24H,5-16,18-19H2,1-3H3;12-14H,5-8,10-11H2,1-3H3. The van der Waals surface area contributed by atoms with Crippen LogP contribution < -0.4 is 0 Å². The highest BCUT2D eigenvalue weighted by Gasteiger charge is 2.43. The van der Waals surface area contributed by atoms with E-state index in [1.165, 1.54) is 270 Å². The van der Waals surface area contributed by atoms with Gasteiger partial charge in [0, 0.05) is 29.1 Å². The summed E-state index contributed by atoms with van der Waals surface area (Å²) in [6.45, 7) is 28.5. The summed E-state index contributed by atoms with van der Waals surface area (Å²) in [6.07, 6.45) is 67.3. The number of rotatable bonds is 13. The molecule has 1 saturated heterocycles. The van der Waals surface area contributed by atoms with Crippen LogP contribution in [0.25, 0.3) is 0 Å². The molecule has 2 heteroatoms. The molecule has 11 rings (SSSR count). The van der Waals surface area contributed by atoms with Gasteiger partial charge in [-0.05, 0) is 295 Å². The molecular weight excluding hydrogens is 1110 g/mol. The zero-order chi connectivity index (χ0) is 65.4. The van der Waals surface area contributed by atoms with Crippen molar-refractivity contribution in [3.05, 3.63) is 0 Å². The van der Waals surface area contributed by atoms with E-state index < -0.39 is 5.79 Å². The summed E-state index contributed by atoms with van der Waals surface area (Å²) in [4.78, 5) is 0. The Hall–Kier alpha value is -1.84. The molecule has 10 saturated carbocycles. The minimum absolute atomic E-state index is 0.334. The Morgan fingerprint density at radius 1 is 0.283 bits per heavy atom. The van der Waals surface area contributed by atoms with E-state index in [0.29, 0.717) is 22.2 Å². The molecule has 0 aromatic rings. The van der Waals surface area contributed by atoms with E-state index in [0.717, 1.165) is 114 Å². The van der Waals surface area contributed by atoms with Crippen molar-refractivity contribution in [3.8, 4) is 47.4 Å². The lowest BCUT2D eigenvalue weighted by Gasteiger charge is -2.44. The van der Waals surface area contributed by atoms with Crippen molar-refractivity contribution in [3.63, 3.8) is 0 Å². The molecule has 2 nitrogen and oxygen atoms in total. The summed E-state index contributed by atoms with van der Waals surface area (Å²) in [5.41, 5.74) is 1.11. The quantitative estimate of drug-likeness (QED) is 0.171. The predicted octanol–water partition coefficient (Wildman–Crippen LogP) is 26.1. The highest BCUT2D eigenvalue weighted by Crippen LogP contribution is 2.53. The Morgan fingerprint density at radius 3 is 1.00 bits per heavy atom.